The second kappa shape index (κ2) is 5.14. The second-order valence-electron chi connectivity index (χ2n) is 5.83. The van der Waals surface area contributed by atoms with Crippen LogP contribution in [0.3, 0.4) is 0 Å². The SMILES string of the molecule is CCc1cc(C2(C(C)(C)NC)COC2)ccc1OC. The van der Waals surface area contributed by atoms with Gasteiger partial charge in [0, 0.05) is 5.54 Å². The summed E-state index contributed by atoms with van der Waals surface area (Å²) in [6.07, 6.45) is 0.980. The van der Waals surface area contributed by atoms with Crippen LogP contribution in [0.25, 0.3) is 0 Å². The summed E-state index contributed by atoms with van der Waals surface area (Å²) in [5.41, 5.74) is 2.66. The number of rotatable bonds is 5. The summed E-state index contributed by atoms with van der Waals surface area (Å²) < 4.78 is 11.0. The molecule has 1 aromatic rings. The van der Waals surface area contributed by atoms with E-state index in [9.17, 15) is 0 Å². The lowest BCUT2D eigenvalue weighted by Gasteiger charge is -2.53. The predicted octanol–water partition coefficient (Wildman–Crippen LogP) is 2.52. The van der Waals surface area contributed by atoms with Gasteiger partial charge in [-0.1, -0.05) is 19.1 Å². The van der Waals surface area contributed by atoms with Crippen molar-refractivity contribution in [1.29, 1.82) is 0 Å². The van der Waals surface area contributed by atoms with E-state index in [0.29, 0.717) is 0 Å². The molecule has 0 saturated carbocycles. The lowest BCUT2D eigenvalue weighted by molar-refractivity contribution is -0.0991. The lowest BCUT2D eigenvalue weighted by atomic mass is 9.65. The molecule has 0 atom stereocenters. The molecular weight excluding hydrogens is 238 g/mol. The van der Waals surface area contributed by atoms with Gasteiger partial charge in [-0.15, -0.1) is 0 Å². The van der Waals surface area contributed by atoms with Crippen LogP contribution in [-0.2, 0) is 16.6 Å². The molecule has 0 radical (unpaired) electrons. The van der Waals surface area contributed by atoms with Gasteiger partial charge in [-0.3, -0.25) is 0 Å². The smallest absolute Gasteiger partial charge is 0.122 e. The molecule has 1 aliphatic heterocycles. The molecule has 2 rings (SSSR count). The molecule has 0 amide bonds. The van der Waals surface area contributed by atoms with Crippen molar-refractivity contribution >= 4 is 0 Å². The Balaban J connectivity index is 2.45. The number of ether oxygens (including phenoxy) is 2. The van der Waals surface area contributed by atoms with Gasteiger partial charge in [0.2, 0.25) is 0 Å². The van der Waals surface area contributed by atoms with E-state index in [1.54, 1.807) is 7.11 Å². The summed E-state index contributed by atoms with van der Waals surface area (Å²) in [7, 11) is 3.75. The third-order valence-corrected chi connectivity index (χ3v) is 4.73. The van der Waals surface area contributed by atoms with Crippen molar-refractivity contribution < 1.29 is 9.47 Å². The molecule has 19 heavy (non-hydrogen) atoms. The largest absolute Gasteiger partial charge is 0.496 e. The van der Waals surface area contributed by atoms with Crippen LogP contribution in [0.15, 0.2) is 18.2 Å². The molecule has 106 valence electrons. The lowest BCUT2D eigenvalue weighted by Crippen LogP contribution is -2.65. The number of hydrogen-bond donors (Lipinski definition) is 1. The van der Waals surface area contributed by atoms with Gasteiger partial charge in [0.1, 0.15) is 5.75 Å². The molecule has 3 heteroatoms. The zero-order valence-corrected chi connectivity index (χ0v) is 12.7. The van der Waals surface area contributed by atoms with Gasteiger partial charge < -0.3 is 14.8 Å². The molecule has 1 heterocycles. The first-order valence-corrected chi connectivity index (χ1v) is 6.95. The van der Waals surface area contributed by atoms with Crippen LogP contribution in [0, 0.1) is 0 Å². The van der Waals surface area contributed by atoms with Crippen LogP contribution in [0.5, 0.6) is 5.75 Å². The van der Waals surface area contributed by atoms with Crippen LogP contribution in [-0.4, -0.2) is 32.9 Å². The Morgan fingerprint density at radius 3 is 2.47 bits per heavy atom. The molecule has 1 N–H and O–H groups in total. The van der Waals surface area contributed by atoms with Gasteiger partial charge >= 0.3 is 0 Å². The van der Waals surface area contributed by atoms with E-state index in [1.165, 1.54) is 11.1 Å². The summed E-state index contributed by atoms with van der Waals surface area (Å²) in [4.78, 5) is 0. The molecule has 1 fully saturated rings. The highest BCUT2D eigenvalue weighted by molar-refractivity contribution is 5.43. The monoisotopic (exact) mass is 263 g/mol. The summed E-state index contributed by atoms with van der Waals surface area (Å²) in [6.45, 7) is 8.19. The van der Waals surface area contributed by atoms with Crippen molar-refractivity contribution in [1.82, 2.24) is 5.32 Å². The normalized spacial score (nSPS) is 17.9. The van der Waals surface area contributed by atoms with Gasteiger partial charge in [0.15, 0.2) is 0 Å². The molecular formula is C16H25NO2. The number of nitrogens with one attached hydrogen (secondary N) is 1. The Bertz CT molecular complexity index is 450. The maximum absolute atomic E-state index is 5.54. The zero-order chi connectivity index (χ0) is 14.1. The zero-order valence-electron chi connectivity index (χ0n) is 12.7. The fourth-order valence-corrected chi connectivity index (χ4v) is 2.79. The first-order valence-electron chi connectivity index (χ1n) is 6.95. The average Bonchev–Trinajstić information content (AvgIpc) is 2.36. The Labute approximate surface area is 116 Å². The van der Waals surface area contributed by atoms with Crippen molar-refractivity contribution in [2.75, 3.05) is 27.4 Å². The molecule has 1 aromatic carbocycles. The number of benzene rings is 1. The van der Waals surface area contributed by atoms with Crippen molar-refractivity contribution in [3.05, 3.63) is 29.3 Å². The minimum Gasteiger partial charge on any atom is -0.496 e. The van der Waals surface area contributed by atoms with Crippen molar-refractivity contribution in [2.24, 2.45) is 0 Å². The van der Waals surface area contributed by atoms with E-state index in [0.717, 1.165) is 25.4 Å². The van der Waals surface area contributed by atoms with Gasteiger partial charge in [0.25, 0.3) is 0 Å². The van der Waals surface area contributed by atoms with Gasteiger partial charge in [-0.05, 0) is 44.5 Å². The molecule has 0 aliphatic carbocycles. The van der Waals surface area contributed by atoms with E-state index in [-0.39, 0.29) is 11.0 Å². The minimum absolute atomic E-state index is 0.00481. The second-order valence-corrected chi connectivity index (χ2v) is 5.83. The predicted molar refractivity (Wildman–Crippen MR) is 78.0 cm³/mol. The number of likely N-dealkylation sites (N-methyl/N-ethyl adjacent to an activating group) is 1. The first kappa shape index (κ1) is 14.4. The highest BCUT2D eigenvalue weighted by Crippen LogP contribution is 2.42. The summed E-state index contributed by atoms with van der Waals surface area (Å²) in [5, 5.41) is 3.44. The number of aryl methyl sites for hydroxylation is 1. The molecule has 1 aliphatic rings. The summed E-state index contributed by atoms with van der Waals surface area (Å²) in [6, 6.07) is 6.54. The van der Waals surface area contributed by atoms with Crippen LogP contribution in [0.2, 0.25) is 0 Å². The maximum Gasteiger partial charge on any atom is 0.122 e. The third kappa shape index (κ3) is 2.15. The molecule has 0 spiro atoms. The average molecular weight is 263 g/mol. The Morgan fingerprint density at radius 1 is 1.37 bits per heavy atom. The van der Waals surface area contributed by atoms with E-state index in [4.69, 9.17) is 9.47 Å². The molecule has 3 nitrogen and oxygen atoms in total. The molecule has 0 aromatic heterocycles. The fraction of sp³-hybridized carbons (Fsp3) is 0.625. The Hall–Kier alpha value is -1.06. The van der Waals surface area contributed by atoms with Crippen LogP contribution >= 0.6 is 0 Å². The summed E-state index contributed by atoms with van der Waals surface area (Å²) >= 11 is 0. The van der Waals surface area contributed by atoms with Crippen molar-refractivity contribution in [3.8, 4) is 5.75 Å². The van der Waals surface area contributed by atoms with Crippen LogP contribution < -0.4 is 10.1 Å². The number of hydrogen-bond acceptors (Lipinski definition) is 3. The van der Waals surface area contributed by atoms with Gasteiger partial charge in [-0.25, -0.2) is 0 Å². The highest BCUT2D eigenvalue weighted by Gasteiger charge is 2.51. The van der Waals surface area contributed by atoms with Crippen molar-refractivity contribution in [3.63, 3.8) is 0 Å². The van der Waals surface area contributed by atoms with E-state index in [1.807, 2.05) is 7.05 Å². The molecule has 1 saturated heterocycles. The van der Waals surface area contributed by atoms with E-state index >= 15 is 0 Å². The number of methoxy groups -OCH3 is 1. The first-order chi connectivity index (χ1) is 9.00. The highest BCUT2D eigenvalue weighted by atomic mass is 16.5. The topological polar surface area (TPSA) is 30.5 Å². The van der Waals surface area contributed by atoms with Crippen molar-refractivity contribution in [2.45, 2.75) is 38.1 Å². The van der Waals surface area contributed by atoms with E-state index < -0.39 is 0 Å². The molecule has 0 bridgehead atoms. The standard InChI is InChI=1S/C16H25NO2/c1-6-12-9-13(7-8-14(12)18-5)16(10-19-11-16)15(2,3)17-4/h7-9,17H,6,10-11H2,1-5H3. The Morgan fingerprint density at radius 2 is 2.05 bits per heavy atom. The minimum atomic E-state index is 0.00481. The maximum atomic E-state index is 5.54. The van der Waals surface area contributed by atoms with Gasteiger partial charge in [-0.2, -0.15) is 0 Å². The third-order valence-electron chi connectivity index (χ3n) is 4.73. The van der Waals surface area contributed by atoms with Crippen LogP contribution in [0.4, 0.5) is 0 Å². The fourth-order valence-electron chi connectivity index (χ4n) is 2.79. The van der Waals surface area contributed by atoms with E-state index in [2.05, 4.69) is 44.3 Å². The molecule has 0 unspecified atom stereocenters. The van der Waals surface area contributed by atoms with Crippen LogP contribution in [0.1, 0.15) is 31.9 Å². The van der Waals surface area contributed by atoms with Gasteiger partial charge in [0.05, 0.1) is 25.7 Å². The Kier molecular flexibility index (Phi) is 3.88. The summed E-state index contributed by atoms with van der Waals surface area (Å²) in [5.74, 6) is 0.976. The quantitative estimate of drug-likeness (QED) is 0.885.